The Bertz CT molecular complexity index is 435. The molecule has 0 saturated heterocycles. The third-order valence-corrected chi connectivity index (χ3v) is 3.12. The fourth-order valence-electron chi connectivity index (χ4n) is 1.43. The van der Waals surface area contributed by atoms with Crippen molar-refractivity contribution >= 4 is 25.8 Å². The number of pyridine rings is 1. The van der Waals surface area contributed by atoms with E-state index in [2.05, 4.69) is 47.9 Å². The molecule has 0 aliphatic heterocycles. The predicted molar refractivity (Wildman–Crippen MR) is 60.8 cm³/mol. The minimum Gasteiger partial charge on any atom is -0.327 e. The maximum Gasteiger partial charge on any atom is 0.183 e. The van der Waals surface area contributed by atoms with E-state index in [0.29, 0.717) is 9.68 Å². The number of fused-ring (bicyclic) bond motifs is 1. The van der Waals surface area contributed by atoms with Crippen LogP contribution < -0.4 is 5.19 Å². The van der Waals surface area contributed by atoms with Gasteiger partial charge >= 0.3 is 0 Å². The second-order valence-corrected chi connectivity index (χ2v) is 5.04. The molecule has 1 aromatic heterocycles. The smallest absolute Gasteiger partial charge is 0.183 e. The summed E-state index contributed by atoms with van der Waals surface area (Å²) in [5.41, 5.74) is 1.08. The van der Waals surface area contributed by atoms with Crippen LogP contribution in [0, 0.1) is 0 Å². The molecule has 0 fully saturated rings. The minimum absolute atomic E-state index is 0.708. The van der Waals surface area contributed by atoms with Gasteiger partial charge in [-0.2, -0.15) is 0 Å². The number of aromatic nitrogens is 1. The molecule has 0 aliphatic rings. The van der Waals surface area contributed by atoms with Gasteiger partial charge in [0.2, 0.25) is 0 Å². The Labute approximate surface area is 86.5 Å². The second-order valence-electron chi connectivity index (χ2n) is 3.38. The first-order valence-corrected chi connectivity index (χ1v) is 5.50. The first kappa shape index (κ1) is 9.37. The van der Waals surface area contributed by atoms with Gasteiger partial charge in [0, 0.05) is 11.6 Å². The van der Waals surface area contributed by atoms with Gasteiger partial charge < -0.3 is 4.57 Å². The molecule has 1 aromatic carbocycles. The van der Waals surface area contributed by atoms with Crippen molar-refractivity contribution < 1.29 is 0 Å². The average molecular weight is 200 g/mol. The molecular weight excluding hydrogens is 188 g/mol. The van der Waals surface area contributed by atoms with Crippen LogP contribution in [0.2, 0.25) is 0 Å². The van der Waals surface area contributed by atoms with E-state index in [1.54, 1.807) is 0 Å². The van der Waals surface area contributed by atoms with Gasteiger partial charge in [-0.3, -0.25) is 4.98 Å². The van der Waals surface area contributed by atoms with Crippen LogP contribution in [-0.2, 0) is 0 Å². The van der Waals surface area contributed by atoms with E-state index in [4.69, 9.17) is 0 Å². The third kappa shape index (κ3) is 1.83. The summed E-state index contributed by atoms with van der Waals surface area (Å²) in [7, 11) is 4.89. The summed E-state index contributed by atoms with van der Waals surface area (Å²) in [6.45, 7) is 0. The number of rotatable bonds is 2. The highest BCUT2D eigenvalue weighted by Gasteiger charge is 2.03. The Morgan fingerprint density at radius 2 is 1.93 bits per heavy atom. The number of hydrogen-bond donors (Lipinski definition) is 0. The Kier molecular flexibility index (Phi) is 2.61. The van der Waals surface area contributed by atoms with Crippen molar-refractivity contribution in [2.24, 2.45) is 0 Å². The topological polar surface area (TPSA) is 16.1 Å². The Morgan fingerprint density at radius 3 is 2.71 bits per heavy atom. The van der Waals surface area contributed by atoms with Crippen molar-refractivity contribution in [3.05, 3.63) is 36.5 Å². The quantitative estimate of drug-likeness (QED) is 0.673. The standard InChI is InChI=1S/C11H12N2Si/c1-13(2)14-11-7-8-12-10-6-4-3-5-9(10)11/h3-8H,1-2H3. The highest BCUT2D eigenvalue weighted by Crippen LogP contribution is 2.06. The number of nitrogens with zero attached hydrogens (tertiary/aromatic N) is 2. The van der Waals surface area contributed by atoms with Gasteiger partial charge in [-0.15, -0.1) is 0 Å². The van der Waals surface area contributed by atoms with Crippen LogP contribution in [-0.4, -0.2) is 33.3 Å². The summed E-state index contributed by atoms with van der Waals surface area (Å²) < 4.78 is 2.20. The Balaban J connectivity index is 2.53. The molecule has 0 bridgehead atoms. The molecule has 14 heavy (non-hydrogen) atoms. The molecule has 2 radical (unpaired) electrons. The molecule has 1 heterocycles. The Hall–Kier alpha value is -1.19. The molecule has 2 aromatic rings. The van der Waals surface area contributed by atoms with Gasteiger partial charge in [0.1, 0.15) is 0 Å². The average Bonchev–Trinajstić information content (AvgIpc) is 2.18. The summed E-state index contributed by atoms with van der Waals surface area (Å²) in [6.07, 6.45) is 1.88. The SMILES string of the molecule is CN(C)[Si]c1ccnc2ccccc12. The molecule has 0 amide bonds. The molecule has 0 saturated carbocycles. The van der Waals surface area contributed by atoms with Crippen molar-refractivity contribution in [1.82, 2.24) is 9.55 Å². The highest BCUT2D eigenvalue weighted by molar-refractivity contribution is 6.54. The number of hydrogen-bond acceptors (Lipinski definition) is 2. The molecule has 0 spiro atoms. The van der Waals surface area contributed by atoms with Gasteiger partial charge in [-0.1, -0.05) is 18.2 Å². The zero-order valence-corrected chi connectivity index (χ0v) is 9.36. The van der Waals surface area contributed by atoms with E-state index in [1.165, 1.54) is 10.6 Å². The fourth-order valence-corrected chi connectivity index (χ4v) is 2.40. The van der Waals surface area contributed by atoms with Crippen LogP contribution >= 0.6 is 0 Å². The largest absolute Gasteiger partial charge is 0.327 e. The van der Waals surface area contributed by atoms with Gasteiger partial charge in [0.05, 0.1) is 5.52 Å². The van der Waals surface area contributed by atoms with Crippen molar-refractivity contribution in [3.63, 3.8) is 0 Å². The molecule has 0 unspecified atom stereocenters. The summed E-state index contributed by atoms with van der Waals surface area (Å²) in [6, 6.07) is 10.4. The Morgan fingerprint density at radius 1 is 1.14 bits per heavy atom. The normalized spacial score (nSPS) is 11.1. The number of benzene rings is 1. The highest BCUT2D eigenvalue weighted by atomic mass is 28.2. The summed E-state index contributed by atoms with van der Waals surface area (Å²) in [5, 5.41) is 2.63. The lowest BCUT2D eigenvalue weighted by Crippen LogP contribution is -2.29. The molecule has 2 nitrogen and oxygen atoms in total. The predicted octanol–water partition coefficient (Wildman–Crippen LogP) is 1.04. The van der Waals surface area contributed by atoms with Gasteiger partial charge in [0.25, 0.3) is 0 Å². The van der Waals surface area contributed by atoms with Crippen molar-refractivity contribution in [3.8, 4) is 0 Å². The van der Waals surface area contributed by atoms with Crippen LogP contribution in [0.4, 0.5) is 0 Å². The van der Waals surface area contributed by atoms with E-state index in [9.17, 15) is 0 Å². The van der Waals surface area contributed by atoms with E-state index >= 15 is 0 Å². The molecule has 3 heteroatoms. The molecule has 0 atom stereocenters. The van der Waals surface area contributed by atoms with Crippen LogP contribution in [0.5, 0.6) is 0 Å². The van der Waals surface area contributed by atoms with Crippen molar-refractivity contribution in [2.75, 3.05) is 14.1 Å². The maximum absolute atomic E-state index is 4.34. The van der Waals surface area contributed by atoms with Crippen LogP contribution in [0.15, 0.2) is 36.5 Å². The van der Waals surface area contributed by atoms with E-state index in [1.807, 2.05) is 12.3 Å². The van der Waals surface area contributed by atoms with Crippen LogP contribution in [0.1, 0.15) is 0 Å². The molecule has 0 N–H and O–H groups in total. The van der Waals surface area contributed by atoms with Crippen molar-refractivity contribution in [2.45, 2.75) is 0 Å². The first-order chi connectivity index (χ1) is 6.77. The first-order valence-electron chi connectivity index (χ1n) is 4.55. The summed E-state index contributed by atoms with van der Waals surface area (Å²) >= 11 is 0. The lowest BCUT2D eigenvalue weighted by atomic mass is 10.2. The summed E-state index contributed by atoms with van der Waals surface area (Å²) in [4.78, 5) is 4.34. The van der Waals surface area contributed by atoms with Gasteiger partial charge in [-0.05, 0) is 31.4 Å². The number of para-hydroxylation sites is 1. The third-order valence-electron chi connectivity index (χ3n) is 1.99. The van der Waals surface area contributed by atoms with Crippen LogP contribution in [0.3, 0.4) is 0 Å². The zero-order valence-electron chi connectivity index (χ0n) is 8.36. The van der Waals surface area contributed by atoms with Crippen molar-refractivity contribution in [1.29, 1.82) is 0 Å². The maximum atomic E-state index is 4.34. The lowest BCUT2D eigenvalue weighted by Gasteiger charge is -2.09. The van der Waals surface area contributed by atoms with E-state index in [0.717, 1.165) is 5.52 Å². The van der Waals surface area contributed by atoms with E-state index in [-0.39, 0.29) is 0 Å². The second kappa shape index (κ2) is 3.90. The van der Waals surface area contributed by atoms with Crippen LogP contribution in [0.25, 0.3) is 10.9 Å². The molecule has 70 valence electrons. The monoisotopic (exact) mass is 200 g/mol. The van der Waals surface area contributed by atoms with Gasteiger partial charge in [-0.25, -0.2) is 0 Å². The molecular formula is C11H12N2Si. The van der Waals surface area contributed by atoms with E-state index < -0.39 is 0 Å². The van der Waals surface area contributed by atoms with Gasteiger partial charge in [0.15, 0.2) is 9.68 Å². The zero-order chi connectivity index (χ0) is 9.97. The minimum atomic E-state index is 0.708. The lowest BCUT2D eigenvalue weighted by molar-refractivity contribution is 0.669. The molecule has 0 aliphatic carbocycles. The fraction of sp³-hybridized carbons (Fsp3) is 0.182. The summed E-state index contributed by atoms with van der Waals surface area (Å²) in [5.74, 6) is 0. The molecule has 2 rings (SSSR count).